The highest BCUT2D eigenvalue weighted by Crippen LogP contribution is 2.80. The molecule has 2 N–H and O–H groups in total. The van der Waals surface area contributed by atoms with E-state index in [0.29, 0.717) is 5.92 Å². The summed E-state index contributed by atoms with van der Waals surface area (Å²) in [7, 11) is 1.78. The Hall–Kier alpha value is -2.33. The maximum Gasteiger partial charge on any atom is 0.230 e. The van der Waals surface area contributed by atoms with Gasteiger partial charge in [0.2, 0.25) is 5.91 Å². The van der Waals surface area contributed by atoms with Gasteiger partial charge in [0.25, 0.3) is 0 Å². The normalized spacial score (nSPS) is 41.1. The molecule has 4 nitrogen and oxygen atoms in total. The standard InChI is InChI=1S/C32H37NO3/c1-36-26-10-9-21-16-24-20(15-19-7-8-19)11-12-31-27(17-23(26)28(21)31)32(35)14-13-30(24,31)18-25(32)29(34)33-22-5-3-2-4-6-22/h2-6,9-10,19-20,24-25,27,35H,7-8,11-18H2,1H3,(H,33,34)/t20?,24-,25?,27?,30+,31?,32+/m0/s1. The smallest absolute Gasteiger partial charge is 0.230 e. The molecule has 7 aliphatic rings. The highest BCUT2D eigenvalue weighted by Gasteiger charge is 2.79. The van der Waals surface area contributed by atoms with Crippen LogP contribution < -0.4 is 10.1 Å². The van der Waals surface area contributed by atoms with Crippen molar-refractivity contribution in [3.05, 3.63) is 59.2 Å². The van der Waals surface area contributed by atoms with Crippen LogP contribution in [-0.4, -0.2) is 23.7 Å². The van der Waals surface area contributed by atoms with Crippen molar-refractivity contribution in [2.24, 2.45) is 35.0 Å². The highest BCUT2D eigenvalue weighted by atomic mass is 16.5. The summed E-state index contributed by atoms with van der Waals surface area (Å²) in [5.41, 5.74) is 4.38. The molecule has 1 amide bonds. The number of carbonyl (C=O) groups is 1. The fourth-order valence-corrected chi connectivity index (χ4v) is 10.6. The Morgan fingerprint density at radius 2 is 1.89 bits per heavy atom. The molecule has 188 valence electrons. The van der Waals surface area contributed by atoms with Gasteiger partial charge in [-0.05, 0) is 109 Å². The largest absolute Gasteiger partial charge is 0.496 e. The van der Waals surface area contributed by atoms with E-state index >= 15 is 0 Å². The van der Waals surface area contributed by atoms with E-state index in [1.54, 1.807) is 7.11 Å². The van der Waals surface area contributed by atoms with Crippen molar-refractivity contribution >= 4 is 11.6 Å². The third-order valence-electron chi connectivity index (χ3n) is 12.0. The van der Waals surface area contributed by atoms with E-state index in [9.17, 15) is 9.90 Å². The first-order chi connectivity index (χ1) is 17.5. The van der Waals surface area contributed by atoms with Crippen LogP contribution in [0.1, 0.15) is 68.1 Å². The Bertz CT molecular complexity index is 1250. The van der Waals surface area contributed by atoms with Gasteiger partial charge in [-0.1, -0.05) is 37.1 Å². The van der Waals surface area contributed by atoms with Gasteiger partial charge >= 0.3 is 0 Å². The fraction of sp³-hybridized carbons (Fsp3) is 0.594. The number of aliphatic hydroxyl groups is 1. The van der Waals surface area contributed by atoms with Crippen LogP contribution in [0.3, 0.4) is 0 Å². The van der Waals surface area contributed by atoms with Gasteiger partial charge in [-0.2, -0.15) is 0 Å². The lowest BCUT2D eigenvalue weighted by molar-refractivity contribution is -0.256. The molecule has 7 aliphatic carbocycles. The second-order valence-corrected chi connectivity index (χ2v) is 13.1. The van der Waals surface area contributed by atoms with Crippen molar-refractivity contribution < 1.29 is 14.6 Å². The molecule has 4 bridgehead atoms. The molecular formula is C32H37NO3. The SMILES string of the molecule is COc1ccc2c3c1CC1C34CCC(CC3CC3)[C@H](C2)[C@]42CC[C@@]1(O)C(C(=O)Nc1ccccc1)C2. The maximum atomic E-state index is 13.9. The summed E-state index contributed by atoms with van der Waals surface area (Å²) in [6.45, 7) is 0. The lowest BCUT2D eigenvalue weighted by Crippen LogP contribution is -2.75. The zero-order valence-corrected chi connectivity index (χ0v) is 21.3. The summed E-state index contributed by atoms with van der Waals surface area (Å²) in [4.78, 5) is 13.9. The molecular weight excluding hydrogens is 446 g/mol. The number of hydrogen-bond acceptors (Lipinski definition) is 3. The number of methoxy groups -OCH3 is 1. The summed E-state index contributed by atoms with van der Waals surface area (Å²) in [6.07, 6.45) is 11.3. The van der Waals surface area contributed by atoms with Crippen molar-refractivity contribution in [1.29, 1.82) is 0 Å². The Morgan fingerprint density at radius 1 is 1.06 bits per heavy atom. The van der Waals surface area contributed by atoms with E-state index in [1.165, 1.54) is 48.8 Å². The van der Waals surface area contributed by atoms with Gasteiger partial charge in [0.15, 0.2) is 0 Å². The van der Waals surface area contributed by atoms with Crippen molar-refractivity contribution in [3.63, 3.8) is 0 Å². The summed E-state index contributed by atoms with van der Waals surface area (Å²) >= 11 is 0. The van der Waals surface area contributed by atoms with E-state index in [1.807, 2.05) is 30.3 Å². The minimum atomic E-state index is -0.965. The maximum absolute atomic E-state index is 13.9. The van der Waals surface area contributed by atoms with Gasteiger partial charge in [-0.25, -0.2) is 0 Å². The second-order valence-electron chi connectivity index (χ2n) is 13.1. The Kier molecular flexibility index (Phi) is 4.32. The molecule has 0 aromatic heterocycles. The fourth-order valence-electron chi connectivity index (χ4n) is 10.6. The molecule has 0 radical (unpaired) electrons. The second kappa shape index (κ2) is 7.16. The van der Waals surface area contributed by atoms with Crippen LogP contribution >= 0.6 is 0 Å². The van der Waals surface area contributed by atoms with Crippen LogP contribution in [0.15, 0.2) is 42.5 Å². The van der Waals surface area contributed by atoms with Gasteiger partial charge in [-0.15, -0.1) is 0 Å². The number of benzene rings is 2. The Morgan fingerprint density at radius 3 is 2.67 bits per heavy atom. The Balaban J connectivity index is 1.28. The number of para-hydroxylation sites is 1. The molecule has 4 heteroatoms. The lowest BCUT2D eigenvalue weighted by atomic mass is 9.30. The summed E-state index contributed by atoms with van der Waals surface area (Å²) in [5.74, 6) is 3.06. The topological polar surface area (TPSA) is 58.6 Å². The highest BCUT2D eigenvalue weighted by molar-refractivity contribution is 5.94. The molecule has 2 aromatic rings. The predicted octanol–water partition coefficient (Wildman–Crippen LogP) is 5.66. The van der Waals surface area contributed by atoms with E-state index in [4.69, 9.17) is 4.74 Å². The van der Waals surface area contributed by atoms with Gasteiger partial charge in [0.1, 0.15) is 5.75 Å². The number of ether oxygens (including phenoxy) is 1. The number of rotatable bonds is 5. The number of anilines is 1. The molecule has 7 atom stereocenters. The van der Waals surface area contributed by atoms with Crippen LogP contribution in [0, 0.1) is 35.0 Å². The zero-order chi connectivity index (χ0) is 24.3. The molecule has 2 aromatic carbocycles. The lowest BCUT2D eigenvalue weighted by Gasteiger charge is -2.74. The number of amides is 1. The van der Waals surface area contributed by atoms with Crippen molar-refractivity contribution in [1.82, 2.24) is 0 Å². The number of hydrogen-bond donors (Lipinski definition) is 2. The van der Waals surface area contributed by atoms with Crippen molar-refractivity contribution in [2.75, 3.05) is 12.4 Å². The predicted molar refractivity (Wildman–Crippen MR) is 139 cm³/mol. The van der Waals surface area contributed by atoms with Crippen LogP contribution in [-0.2, 0) is 23.1 Å². The van der Waals surface area contributed by atoms with Crippen LogP contribution in [0.25, 0.3) is 0 Å². The van der Waals surface area contributed by atoms with E-state index in [-0.39, 0.29) is 28.6 Å². The summed E-state index contributed by atoms with van der Waals surface area (Å²) in [6, 6.07) is 14.3. The molecule has 0 saturated heterocycles. The van der Waals surface area contributed by atoms with Gasteiger partial charge in [0, 0.05) is 17.0 Å². The first kappa shape index (κ1) is 21.7. The summed E-state index contributed by atoms with van der Waals surface area (Å²) < 4.78 is 5.91. The average molecular weight is 484 g/mol. The van der Waals surface area contributed by atoms with E-state index in [0.717, 1.165) is 55.4 Å². The molecule has 36 heavy (non-hydrogen) atoms. The zero-order valence-electron chi connectivity index (χ0n) is 21.3. The molecule has 5 fully saturated rings. The number of fused-ring (bicyclic) bond motifs is 2. The van der Waals surface area contributed by atoms with Gasteiger partial charge in [-0.3, -0.25) is 4.79 Å². The first-order valence-electron chi connectivity index (χ1n) is 14.3. The van der Waals surface area contributed by atoms with E-state index in [2.05, 4.69) is 17.4 Å². The number of carbonyl (C=O) groups excluding carboxylic acids is 1. The molecule has 0 heterocycles. The van der Waals surface area contributed by atoms with Crippen molar-refractivity contribution in [2.45, 2.75) is 75.2 Å². The van der Waals surface area contributed by atoms with Gasteiger partial charge < -0.3 is 15.2 Å². The van der Waals surface area contributed by atoms with Crippen molar-refractivity contribution in [3.8, 4) is 5.75 Å². The number of nitrogens with one attached hydrogen (secondary N) is 1. The average Bonchev–Trinajstić information content (AvgIpc) is 3.63. The quantitative estimate of drug-likeness (QED) is 0.577. The molecule has 2 spiro atoms. The van der Waals surface area contributed by atoms with Crippen LogP contribution in [0.4, 0.5) is 5.69 Å². The van der Waals surface area contributed by atoms with E-state index < -0.39 is 5.60 Å². The third kappa shape index (κ3) is 2.52. The summed E-state index contributed by atoms with van der Waals surface area (Å²) in [5, 5.41) is 15.8. The molecule has 5 saturated carbocycles. The molecule has 0 aliphatic heterocycles. The molecule has 4 unspecified atom stereocenters. The minimum absolute atomic E-state index is 0.00566. The van der Waals surface area contributed by atoms with Crippen LogP contribution in [0.5, 0.6) is 5.75 Å². The van der Waals surface area contributed by atoms with Crippen LogP contribution in [0.2, 0.25) is 0 Å². The Labute approximate surface area is 213 Å². The van der Waals surface area contributed by atoms with Gasteiger partial charge in [0.05, 0.1) is 18.6 Å². The molecule has 9 rings (SSSR count). The monoisotopic (exact) mass is 483 g/mol. The third-order valence-corrected chi connectivity index (χ3v) is 12.0. The minimum Gasteiger partial charge on any atom is -0.496 e. The first-order valence-corrected chi connectivity index (χ1v) is 14.3.